The minimum absolute atomic E-state index is 0.0146. The molecule has 0 unspecified atom stereocenters. The molecule has 29 heavy (non-hydrogen) atoms. The Labute approximate surface area is 193 Å². The molecule has 0 atom stereocenters. The lowest BCUT2D eigenvalue weighted by Crippen LogP contribution is -2.24. The fraction of sp³-hybridized carbons (Fsp3) is 0.0667. The van der Waals surface area contributed by atoms with Crippen molar-refractivity contribution in [3.8, 4) is 11.4 Å². The summed E-state index contributed by atoms with van der Waals surface area (Å²) in [5, 5.41) is 24.5. The molecule has 148 valence electrons. The van der Waals surface area contributed by atoms with Gasteiger partial charge in [0.1, 0.15) is 0 Å². The third kappa shape index (κ3) is 3.76. The van der Waals surface area contributed by atoms with Crippen LogP contribution in [0.2, 0.25) is 20.1 Å². The molecule has 0 aliphatic carbocycles. The summed E-state index contributed by atoms with van der Waals surface area (Å²) in [6.07, 6.45) is 0. The normalized spacial score (nSPS) is 11.8. The van der Waals surface area contributed by atoms with Gasteiger partial charge in [-0.3, -0.25) is 0 Å². The monoisotopic (exact) mass is 508 g/mol. The second kappa shape index (κ2) is 7.86. The van der Waals surface area contributed by atoms with Gasteiger partial charge in [0, 0.05) is 10.0 Å². The third-order valence-electron chi connectivity index (χ3n) is 3.77. The van der Waals surface area contributed by atoms with E-state index < -0.39 is 4.33 Å². The fourth-order valence-corrected chi connectivity index (χ4v) is 3.69. The zero-order valence-electron chi connectivity index (χ0n) is 13.8. The lowest BCUT2D eigenvalue weighted by Gasteiger charge is -2.18. The summed E-state index contributed by atoms with van der Waals surface area (Å²) in [5.74, 6) is -0.0293. The fourth-order valence-electron chi connectivity index (χ4n) is 2.49. The molecule has 4 aromatic rings. The van der Waals surface area contributed by atoms with E-state index in [2.05, 4.69) is 31.1 Å². The Balaban J connectivity index is 1.87. The number of benzene rings is 2. The molecular weight excluding hydrogens is 505 g/mol. The maximum Gasteiger partial charge on any atom is 0.240 e. The van der Waals surface area contributed by atoms with E-state index in [0.29, 0.717) is 31.5 Å². The molecule has 0 spiro atoms. The third-order valence-corrected chi connectivity index (χ3v) is 5.56. The SMILES string of the molecule is Clc1ccc(Cl)c(-n2nnnc2C(Cl)(Cl)c2nnnn2-c2cc(Cl)ccc2Cl)c1. The molecule has 0 aliphatic rings. The number of tetrazole rings is 2. The van der Waals surface area contributed by atoms with Crippen LogP contribution in [0.5, 0.6) is 0 Å². The Hall–Kier alpha value is -1.68. The van der Waals surface area contributed by atoms with Gasteiger partial charge in [0.2, 0.25) is 16.0 Å². The molecule has 0 amide bonds. The number of alkyl halides is 2. The van der Waals surface area contributed by atoms with Crippen molar-refractivity contribution in [2.45, 2.75) is 4.33 Å². The van der Waals surface area contributed by atoms with E-state index in [1.807, 2.05) is 0 Å². The Morgan fingerprint density at radius 2 is 1.07 bits per heavy atom. The van der Waals surface area contributed by atoms with Crippen LogP contribution in [-0.2, 0) is 4.33 Å². The Kier molecular flexibility index (Phi) is 5.58. The molecular formula is C15H6Cl6N8. The van der Waals surface area contributed by atoms with Crippen molar-refractivity contribution in [1.29, 1.82) is 0 Å². The molecule has 0 saturated heterocycles. The highest BCUT2D eigenvalue weighted by molar-refractivity contribution is 6.49. The molecule has 2 heterocycles. The predicted molar refractivity (Wildman–Crippen MR) is 111 cm³/mol. The van der Waals surface area contributed by atoms with Crippen LogP contribution in [0.15, 0.2) is 36.4 Å². The number of rotatable bonds is 4. The molecule has 2 aromatic carbocycles. The van der Waals surface area contributed by atoms with E-state index in [9.17, 15) is 0 Å². The Morgan fingerprint density at radius 1 is 0.655 bits per heavy atom. The lowest BCUT2D eigenvalue weighted by atomic mass is 10.2. The molecule has 0 fully saturated rings. The molecule has 0 N–H and O–H groups in total. The first-order chi connectivity index (χ1) is 13.8. The van der Waals surface area contributed by atoms with Gasteiger partial charge >= 0.3 is 0 Å². The highest BCUT2D eigenvalue weighted by Gasteiger charge is 2.42. The maximum atomic E-state index is 6.65. The first kappa shape index (κ1) is 20.6. The summed E-state index contributed by atoms with van der Waals surface area (Å²) in [7, 11) is 0. The van der Waals surface area contributed by atoms with Crippen molar-refractivity contribution in [2.75, 3.05) is 0 Å². The van der Waals surface area contributed by atoms with E-state index in [4.69, 9.17) is 69.6 Å². The van der Waals surface area contributed by atoms with Crippen molar-refractivity contribution in [2.24, 2.45) is 0 Å². The van der Waals surface area contributed by atoms with Crippen molar-refractivity contribution >= 4 is 69.6 Å². The minimum atomic E-state index is -1.90. The highest BCUT2D eigenvalue weighted by atomic mass is 35.5. The second-order valence-corrected chi connectivity index (χ2v) is 8.61. The summed E-state index contributed by atoms with van der Waals surface area (Å²) < 4.78 is 0.587. The summed E-state index contributed by atoms with van der Waals surface area (Å²) in [5.41, 5.74) is 0.731. The van der Waals surface area contributed by atoms with Gasteiger partial charge in [0.05, 0.1) is 21.4 Å². The van der Waals surface area contributed by atoms with Crippen LogP contribution < -0.4 is 0 Å². The first-order valence-electron chi connectivity index (χ1n) is 7.65. The van der Waals surface area contributed by atoms with Crippen molar-refractivity contribution < 1.29 is 0 Å². The van der Waals surface area contributed by atoms with Gasteiger partial charge in [-0.1, -0.05) is 69.6 Å². The van der Waals surface area contributed by atoms with Crippen LogP contribution in [0.25, 0.3) is 11.4 Å². The molecule has 2 aromatic heterocycles. The molecule has 8 nitrogen and oxygen atoms in total. The van der Waals surface area contributed by atoms with Crippen LogP contribution >= 0.6 is 69.6 Å². The van der Waals surface area contributed by atoms with Crippen LogP contribution in [0.1, 0.15) is 11.6 Å². The predicted octanol–water partition coefficient (Wildman–Crippen LogP) is 4.93. The summed E-state index contributed by atoms with van der Waals surface area (Å²) >= 11 is 38.0. The number of halogens is 6. The number of nitrogens with zero attached hydrogens (tertiary/aromatic N) is 8. The highest BCUT2D eigenvalue weighted by Crippen LogP contribution is 2.41. The van der Waals surface area contributed by atoms with E-state index in [1.54, 1.807) is 36.4 Å². The van der Waals surface area contributed by atoms with Gasteiger partial charge < -0.3 is 0 Å². The topological polar surface area (TPSA) is 87.2 Å². The summed E-state index contributed by atoms with van der Waals surface area (Å²) in [4.78, 5) is 0. The van der Waals surface area contributed by atoms with Crippen LogP contribution in [0.3, 0.4) is 0 Å². The quantitative estimate of drug-likeness (QED) is 0.362. The molecule has 0 radical (unpaired) electrons. The lowest BCUT2D eigenvalue weighted by molar-refractivity contribution is 0.704. The average molecular weight is 511 g/mol. The van der Waals surface area contributed by atoms with Crippen LogP contribution in [0.4, 0.5) is 0 Å². The van der Waals surface area contributed by atoms with Crippen molar-refractivity contribution in [3.63, 3.8) is 0 Å². The molecule has 0 saturated carbocycles. The van der Waals surface area contributed by atoms with E-state index in [1.165, 1.54) is 9.36 Å². The maximum absolute atomic E-state index is 6.65. The standard InChI is InChI=1S/C15H6Cl6N8/c16-7-1-3-9(18)11(5-7)28-13(22-24-26-28)15(20,21)14-23-25-27-29(14)12-6-8(17)2-4-10(12)19/h1-6H. The van der Waals surface area contributed by atoms with Crippen LogP contribution in [0, 0.1) is 0 Å². The average Bonchev–Trinajstić information content (AvgIpc) is 3.35. The molecule has 0 bridgehead atoms. The molecule has 4 rings (SSSR count). The van der Waals surface area contributed by atoms with E-state index in [-0.39, 0.29) is 11.6 Å². The van der Waals surface area contributed by atoms with Gasteiger partial charge in [-0.2, -0.15) is 9.36 Å². The van der Waals surface area contributed by atoms with Crippen molar-refractivity contribution in [1.82, 2.24) is 40.4 Å². The van der Waals surface area contributed by atoms with Gasteiger partial charge in [-0.15, -0.1) is 10.2 Å². The molecule has 14 heteroatoms. The second-order valence-electron chi connectivity index (χ2n) is 5.59. The number of aromatic nitrogens is 8. The van der Waals surface area contributed by atoms with E-state index in [0.717, 1.165) is 0 Å². The summed E-state index contributed by atoms with van der Waals surface area (Å²) in [6.45, 7) is 0. The van der Waals surface area contributed by atoms with Gasteiger partial charge in [-0.05, 0) is 57.3 Å². The number of hydrogen-bond acceptors (Lipinski definition) is 6. The zero-order valence-corrected chi connectivity index (χ0v) is 18.3. The van der Waals surface area contributed by atoms with Crippen LogP contribution in [-0.4, -0.2) is 40.4 Å². The largest absolute Gasteiger partial charge is 0.240 e. The number of hydrogen-bond donors (Lipinski definition) is 0. The smallest absolute Gasteiger partial charge is 0.192 e. The van der Waals surface area contributed by atoms with Gasteiger partial charge in [0.15, 0.2) is 0 Å². The Bertz CT molecular complexity index is 1110. The van der Waals surface area contributed by atoms with Gasteiger partial charge in [-0.25, -0.2) is 0 Å². The minimum Gasteiger partial charge on any atom is -0.192 e. The van der Waals surface area contributed by atoms with E-state index >= 15 is 0 Å². The Morgan fingerprint density at radius 3 is 1.48 bits per heavy atom. The van der Waals surface area contributed by atoms with Crippen molar-refractivity contribution in [3.05, 3.63) is 68.1 Å². The summed E-state index contributed by atoms with van der Waals surface area (Å²) in [6, 6.07) is 9.53. The van der Waals surface area contributed by atoms with Gasteiger partial charge in [0.25, 0.3) is 0 Å². The first-order valence-corrected chi connectivity index (χ1v) is 9.92. The zero-order chi connectivity index (χ0) is 20.8. The molecule has 0 aliphatic heterocycles.